The van der Waals surface area contributed by atoms with Gasteiger partial charge in [-0.1, -0.05) is 83.7 Å². The number of nitrogens with zero attached hydrogens (tertiary/aromatic N) is 1. The van der Waals surface area contributed by atoms with Gasteiger partial charge in [-0.15, -0.1) is 13.2 Å². The summed E-state index contributed by atoms with van der Waals surface area (Å²) >= 11 is 1.22. The molecule has 3 aromatic carbocycles. The third-order valence-electron chi connectivity index (χ3n) is 5.69. The molecule has 0 unspecified atom stereocenters. The molecule has 0 aliphatic heterocycles. The van der Waals surface area contributed by atoms with Gasteiger partial charge in [0.15, 0.2) is 5.17 Å². The van der Waals surface area contributed by atoms with Crippen LogP contribution in [0.1, 0.15) is 97.9 Å². The summed E-state index contributed by atoms with van der Waals surface area (Å²) < 4.78 is 48.6. The molecule has 3 rings (SSSR count). The molecule has 55 heavy (non-hydrogen) atoms. The van der Waals surface area contributed by atoms with Gasteiger partial charge in [-0.2, -0.15) is 0 Å². The van der Waals surface area contributed by atoms with Crippen molar-refractivity contribution < 1.29 is 37.0 Å². The van der Waals surface area contributed by atoms with E-state index in [1.807, 2.05) is 105 Å². The van der Waals surface area contributed by atoms with Crippen molar-refractivity contribution in [3.8, 4) is 5.75 Å². The number of ether oxygens (including phenoxy) is 3. The van der Waals surface area contributed by atoms with Gasteiger partial charge in [0.2, 0.25) is 0 Å². The molecule has 0 heterocycles. The zero-order valence-electron chi connectivity index (χ0n) is 34.2. The Kier molecular flexibility index (Phi) is 29.8. The molecule has 0 bridgehead atoms. The molecule has 0 aromatic heterocycles. The number of aliphatic imine (C=N–C) groups is 1. The van der Waals surface area contributed by atoms with Gasteiger partial charge in [-0.05, 0) is 106 Å². The lowest BCUT2D eigenvalue weighted by Gasteiger charge is -2.17. The van der Waals surface area contributed by atoms with Gasteiger partial charge in [-0.3, -0.25) is 9.59 Å². The lowest BCUT2D eigenvalue weighted by atomic mass is 10.1. The van der Waals surface area contributed by atoms with Crippen LogP contribution in [0.25, 0.3) is 0 Å². The standard InChI is InChI=1S/C13H18N2O2S.C9H8F3NO.C9H10N2.C6H12O2.2C2H6/c1-4-11(16)17-8-18-13(14)15-12-9(2)6-5-7-10(12)3;1-2-13-7-3-5-8(6-4-7)14-9(10,11)12;1-7(11)9-4-2-8(6-10)3-5-9;1-5(7)8-6(2,3)4;2*1-2/h5-7H,4,8H2,1-3H3,(H2,14,15);2-6,13H,1H2;2-6,10-11H,1H3;1-4H3;2*1-2H3. The Morgan fingerprint density at radius 2 is 1.44 bits per heavy atom. The molecule has 0 fully saturated rings. The van der Waals surface area contributed by atoms with Crippen LogP contribution in [0.15, 0.2) is 84.5 Å². The quantitative estimate of drug-likeness (QED) is 0.0721. The third kappa shape index (κ3) is 30.0. The molecule has 5 N–H and O–H groups in total. The summed E-state index contributed by atoms with van der Waals surface area (Å²) in [4.78, 5) is 25.5. The van der Waals surface area contributed by atoms with E-state index in [9.17, 15) is 22.8 Å². The number of esters is 2. The second kappa shape index (κ2) is 30.2. The maximum atomic E-state index is 11.7. The van der Waals surface area contributed by atoms with Crippen molar-refractivity contribution >= 4 is 52.2 Å². The highest BCUT2D eigenvalue weighted by Gasteiger charge is 2.30. The first kappa shape index (κ1) is 54.2. The summed E-state index contributed by atoms with van der Waals surface area (Å²) in [6.07, 6.45) is -1.55. The van der Waals surface area contributed by atoms with Crippen LogP contribution in [0.4, 0.5) is 24.5 Å². The zero-order valence-corrected chi connectivity index (χ0v) is 35.1. The van der Waals surface area contributed by atoms with Crippen LogP contribution in [0.2, 0.25) is 0 Å². The molecule has 0 aliphatic carbocycles. The van der Waals surface area contributed by atoms with E-state index in [4.69, 9.17) is 26.0 Å². The second-order valence-electron chi connectivity index (χ2n) is 11.3. The van der Waals surface area contributed by atoms with E-state index in [1.165, 1.54) is 55.4 Å². The number of nitrogens with two attached hydrogens (primary N) is 1. The van der Waals surface area contributed by atoms with Gasteiger partial charge in [0.05, 0.1) is 5.69 Å². The number of alkyl halides is 3. The van der Waals surface area contributed by atoms with Crippen molar-refractivity contribution in [1.29, 1.82) is 10.8 Å². The molecular formula is C41H60F3N5O5S. The predicted octanol–water partition coefficient (Wildman–Crippen LogP) is 11.5. The molecule has 0 atom stereocenters. The highest BCUT2D eigenvalue weighted by Crippen LogP contribution is 2.25. The second-order valence-corrected chi connectivity index (χ2v) is 12.3. The van der Waals surface area contributed by atoms with Crippen LogP contribution in [0, 0.1) is 24.7 Å². The van der Waals surface area contributed by atoms with E-state index in [1.54, 1.807) is 13.8 Å². The van der Waals surface area contributed by atoms with Crippen LogP contribution < -0.4 is 15.8 Å². The number of carbonyl (C=O) groups excluding carboxylic acids is 2. The fourth-order valence-corrected chi connectivity index (χ4v) is 3.98. The summed E-state index contributed by atoms with van der Waals surface area (Å²) in [7, 11) is 0. The molecule has 306 valence electrons. The largest absolute Gasteiger partial charge is 0.573 e. The number of thioether (sulfide) groups is 1. The van der Waals surface area contributed by atoms with Gasteiger partial charge in [-0.25, -0.2) is 4.99 Å². The van der Waals surface area contributed by atoms with Crippen LogP contribution in [-0.4, -0.2) is 46.9 Å². The Balaban J connectivity index is -0.000000658. The molecule has 0 spiro atoms. The first-order chi connectivity index (χ1) is 25.7. The highest BCUT2D eigenvalue weighted by atomic mass is 32.2. The molecule has 0 amide bonds. The van der Waals surface area contributed by atoms with Gasteiger partial charge in [0, 0.05) is 31.0 Å². The minimum atomic E-state index is -4.65. The molecule has 0 aliphatic rings. The number of para-hydroxylation sites is 1. The number of amidine groups is 1. The van der Waals surface area contributed by atoms with Crippen LogP contribution >= 0.6 is 11.8 Å². The number of hydrogen-bond donors (Lipinski definition) is 4. The van der Waals surface area contributed by atoms with E-state index in [2.05, 4.69) is 21.6 Å². The van der Waals surface area contributed by atoms with Crippen molar-refractivity contribution in [2.75, 3.05) is 11.3 Å². The summed E-state index contributed by atoms with van der Waals surface area (Å²) in [5.41, 5.74) is 11.5. The minimum absolute atomic E-state index is 0.201. The molecule has 10 nitrogen and oxygen atoms in total. The van der Waals surface area contributed by atoms with E-state index < -0.39 is 6.36 Å². The van der Waals surface area contributed by atoms with E-state index in [0.717, 1.165) is 27.9 Å². The van der Waals surface area contributed by atoms with Crippen molar-refractivity contribution in [3.05, 3.63) is 102 Å². The minimum Gasteiger partial charge on any atom is -0.460 e. The van der Waals surface area contributed by atoms with E-state index in [0.29, 0.717) is 23.0 Å². The van der Waals surface area contributed by atoms with Crippen LogP contribution in [0.5, 0.6) is 5.75 Å². The highest BCUT2D eigenvalue weighted by molar-refractivity contribution is 8.13. The summed E-state index contributed by atoms with van der Waals surface area (Å²) in [6, 6.07) is 18.7. The first-order valence-electron chi connectivity index (χ1n) is 17.5. The topological polar surface area (TPSA) is 160 Å². The average Bonchev–Trinajstić information content (AvgIpc) is 3.11. The number of hydrogen-bond acceptors (Lipinski definition) is 10. The fraction of sp³-hybridized carbons (Fsp3) is 0.390. The zero-order chi connectivity index (χ0) is 43.2. The van der Waals surface area contributed by atoms with Crippen molar-refractivity contribution in [2.24, 2.45) is 10.7 Å². The first-order valence-corrected chi connectivity index (χ1v) is 18.5. The van der Waals surface area contributed by atoms with Gasteiger partial charge in [0.1, 0.15) is 17.3 Å². The number of carbonyl (C=O) groups is 2. The van der Waals surface area contributed by atoms with E-state index >= 15 is 0 Å². The number of benzene rings is 3. The van der Waals surface area contributed by atoms with Crippen LogP contribution in [-0.2, 0) is 19.1 Å². The van der Waals surface area contributed by atoms with Gasteiger partial charge >= 0.3 is 18.3 Å². The summed E-state index contributed by atoms with van der Waals surface area (Å²) in [6.45, 7) is 25.8. The number of aryl methyl sites for hydroxylation is 2. The van der Waals surface area contributed by atoms with Crippen molar-refractivity contribution in [3.63, 3.8) is 0 Å². The lowest BCUT2D eigenvalue weighted by molar-refractivity contribution is -0.274. The average molecular weight is 792 g/mol. The smallest absolute Gasteiger partial charge is 0.460 e. The molecule has 0 radical (unpaired) electrons. The number of rotatable bonds is 9. The molecule has 0 saturated heterocycles. The molecule has 3 aromatic rings. The maximum Gasteiger partial charge on any atom is 0.573 e. The molecule has 0 saturated carbocycles. The Labute approximate surface area is 330 Å². The Bertz CT molecular complexity index is 1570. The maximum absolute atomic E-state index is 11.7. The number of nitrogens with one attached hydrogen (secondary N) is 3. The predicted molar refractivity (Wildman–Crippen MR) is 224 cm³/mol. The lowest BCUT2D eigenvalue weighted by Crippen LogP contribution is -2.21. The number of halogens is 3. The Hall–Kier alpha value is -5.11. The van der Waals surface area contributed by atoms with Crippen LogP contribution in [0.3, 0.4) is 0 Å². The Morgan fingerprint density at radius 1 is 0.927 bits per heavy atom. The Morgan fingerprint density at radius 3 is 1.80 bits per heavy atom. The third-order valence-corrected chi connectivity index (χ3v) is 6.32. The van der Waals surface area contributed by atoms with Crippen molar-refractivity contribution in [2.45, 2.75) is 101 Å². The SMILES string of the molecule is C=CNc1ccc(OC(F)(F)F)cc1.CC.CC.CC(=N)c1ccc(C=N)cc1.CC(=O)OC(C)(C)C.CCC(=O)OCSC(N)=Nc1c(C)cccc1C. The van der Waals surface area contributed by atoms with Gasteiger partial charge < -0.3 is 36.1 Å². The monoisotopic (exact) mass is 791 g/mol. The normalized spacial score (nSPS) is 10.1. The molecule has 14 heteroatoms. The summed E-state index contributed by atoms with van der Waals surface area (Å²) in [5.74, 6) is -0.501. The summed E-state index contributed by atoms with van der Waals surface area (Å²) in [5, 5.41) is 17.4. The fourth-order valence-electron chi connectivity index (χ4n) is 3.51. The number of anilines is 1. The van der Waals surface area contributed by atoms with Gasteiger partial charge in [0.25, 0.3) is 0 Å². The molecular weight excluding hydrogens is 732 g/mol. The van der Waals surface area contributed by atoms with Crippen molar-refractivity contribution in [1.82, 2.24) is 0 Å². The van der Waals surface area contributed by atoms with E-state index in [-0.39, 0.29) is 29.2 Å².